The zero-order valence-electron chi connectivity index (χ0n) is 19.6. The summed E-state index contributed by atoms with van der Waals surface area (Å²) in [6.45, 7) is 11.0. The van der Waals surface area contributed by atoms with E-state index in [1.807, 2.05) is 26.0 Å². The minimum atomic E-state index is -3.51. The predicted octanol–water partition coefficient (Wildman–Crippen LogP) is 4.82. The molecule has 0 saturated carbocycles. The number of rotatable bonds is 6. The monoisotopic (exact) mass is 463 g/mol. The molecule has 3 aromatic carbocycles. The van der Waals surface area contributed by atoms with Gasteiger partial charge in [0.05, 0.1) is 4.90 Å². The SMILES string of the molecule is Cc1ccc(S(=O)(=O)N2[C@H](C[Si](c3ccccc3)(c3ccccc3)C(C)(C)C)[C@@H]2C)cc1. The van der Waals surface area contributed by atoms with E-state index in [4.69, 9.17) is 0 Å². The van der Waals surface area contributed by atoms with E-state index < -0.39 is 18.1 Å². The molecule has 0 radical (unpaired) electrons. The van der Waals surface area contributed by atoms with Crippen molar-refractivity contribution in [3.63, 3.8) is 0 Å². The van der Waals surface area contributed by atoms with Gasteiger partial charge in [0.2, 0.25) is 10.0 Å². The summed E-state index contributed by atoms with van der Waals surface area (Å²) in [5.74, 6) is 0. The fourth-order valence-corrected chi connectivity index (χ4v) is 13.0. The summed E-state index contributed by atoms with van der Waals surface area (Å²) >= 11 is 0. The van der Waals surface area contributed by atoms with Gasteiger partial charge in [0.1, 0.15) is 8.07 Å². The van der Waals surface area contributed by atoms with Gasteiger partial charge in [-0.2, -0.15) is 4.31 Å². The molecular weight excluding hydrogens is 430 g/mol. The maximum atomic E-state index is 13.5. The summed E-state index contributed by atoms with van der Waals surface area (Å²) in [5, 5.41) is 2.74. The van der Waals surface area contributed by atoms with Crippen molar-refractivity contribution in [3.05, 3.63) is 90.5 Å². The van der Waals surface area contributed by atoms with Gasteiger partial charge in [-0.05, 0) is 37.1 Å². The van der Waals surface area contributed by atoms with E-state index in [-0.39, 0.29) is 17.1 Å². The molecule has 1 unspecified atom stereocenters. The average molecular weight is 464 g/mol. The molecule has 0 spiro atoms. The Hall–Kier alpha value is -2.21. The Balaban J connectivity index is 1.78. The van der Waals surface area contributed by atoms with Gasteiger partial charge < -0.3 is 0 Å². The van der Waals surface area contributed by atoms with Crippen LogP contribution in [0.1, 0.15) is 33.3 Å². The Morgan fingerprint density at radius 3 is 1.72 bits per heavy atom. The molecule has 0 amide bonds. The first kappa shape index (κ1) is 23.0. The Bertz CT molecular complexity index is 1130. The van der Waals surface area contributed by atoms with Crippen molar-refractivity contribution in [3.8, 4) is 0 Å². The normalized spacial score (nSPS) is 21.3. The third kappa shape index (κ3) is 3.87. The van der Waals surface area contributed by atoms with E-state index >= 15 is 0 Å². The molecule has 1 fully saturated rings. The lowest BCUT2D eigenvalue weighted by Gasteiger charge is -2.44. The summed E-state index contributed by atoms with van der Waals surface area (Å²) < 4.78 is 28.7. The highest BCUT2D eigenvalue weighted by Crippen LogP contribution is 2.46. The number of nitrogens with zero attached hydrogens (tertiary/aromatic N) is 1. The minimum absolute atomic E-state index is 0.00273. The van der Waals surface area contributed by atoms with Gasteiger partial charge >= 0.3 is 0 Å². The first-order valence-corrected chi connectivity index (χ1v) is 14.9. The van der Waals surface area contributed by atoms with E-state index in [0.717, 1.165) is 11.6 Å². The Labute approximate surface area is 194 Å². The largest absolute Gasteiger partial charge is 0.243 e. The summed E-state index contributed by atoms with van der Waals surface area (Å²) in [6, 6.07) is 29.7. The van der Waals surface area contributed by atoms with E-state index in [1.165, 1.54) is 10.4 Å². The molecule has 1 heterocycles. The maximum absolute atomic E-state index is 13.5. The van der Waals surface area contributed by atoms with Gasteiger partial charge in [-0.3, -0.25) is 0 Å². The van der Waals surface area contributed by atoms with Crippen LogP contribution in [-0.2, 0) is 10.0 Å². The van der Waals surface area contributed by atoms with E-state index in [0.29, 0.717) is 4.90 Å². The molecule has 5 heteroatoms. The zero-order valence-corrected chi connectivity index (χ0v) is 21.4. The van der Waals surface area contributed by atoms with Gasteiger partial charge in [-0.15, -0.1) is 0 Å². The molecule has 0 aromatic heterocycles. The van der Waals surface area contributed by atoms with Crippen LogP contribution in [-0.4, -0.2) is 32.9 Å². The highest BCUT2D eigenvalue weighted by molar-refractivity contribution is 7.89. The first-order valence-electron chi connectivity index (χ1n) is 11.3. The summed E-state index contributed by atoms with van der Waals surface area (Å²) in [5.41, 5.74) is 1.06. The van der Waals surface area contributed by atoms with Crippen LogP contribution >= 0.6 is 0 Å². The van der Waals surface area contributed by atoms with E-state index in [2.05, 4.69) is 81.4 Å². The topological polar surface area (TPSA) is 37.1 Å². The first-order chi connectivity index (χ1) is 15.1. The van der Waals surface area contributed by atoms with Crippen LogP contribution < -0.4 is 10.4 Å². The second-order valence-electron chi connectivity index (χ2n) is 10.0. The van der Waals surface area contributed by atoms with E-state index in [1.54, 1.807) is 16.4 Å². The molecule has 0 aliphatic carbocycles. The van der Waals surface area contributed by atoms with Crippen LogP contribution in [0, 0.1) is 6.92 Å². The summed E-state index contributed by atoms with van der Waals surface area (Å²) in [6.07, 6.45) is 0. The lowest BCUT2D eigenvalue weighted by Crippen LogP contribution is -2.65. The molecule has 168 valence electrons. The zero-order chi connectivity index (χ0) is 23.1. The highest BCUT2D eigenvalue weighted by atomic mass is 32.2. The van der Waals surface area contributed by atoms with Crippen LogP contribution in [0.4, 0.5) is 0 Å². The van der Waals surface area contributed by atoms with E-state index in [9.17, 15) is 8.42 Å². The molecule has 32 heavy (non-hydrogen) atoms. The van der Waals surface area contributed by atoms with Crippen LogP contribution in [0.3, 0.4) is 0 Å². The maximum Gasteiger partial charge on any atom is 0.243 e. The minimum Gasteiger partial charge on any atom is -0.207 e. The quantitative estimate of drug-likeness (QED) is 0.388. The Morgan fingerprint density at radius 2 is 1.28 bits per heavy atom. The summed E-state index contributed by atoms with van der Waals surface area (Å²) in [4.78, 5) is 0.389. The number of hydrogen-bond donors (Lipinski definition) is 0. The van der Waals surface area contributed by atoms with Crippen LogP contribution in [0.2, 0.25) is 11.1 Å². The standard InChI is InChI=1S/C27H33NO2SSi/c1-21-16-18-23(19-17-21)31(29,30)28-22(2)26(28)20-32(27(3,4)5,24-12-8-6-9-13-24)25-14-10-7-11-15-25/h6-19,22,26H,20H2,1-5H3/t22-,26+,28?/m0/s1. The van der Waals surface area contributed by atoms with Gasteiger partial charge in [0, 0.05) is 12.1 Å². The molecule has 3 aromatic rings. The van der Waals surface area contributed by atoms with Crippen molar-refractivity contribution < 1.29 is 8.42 Å². The van der Waals surface area contributed by atoms with Crippen LogP contribution in [0.15, 0.2) is 89.8 Å². The molecule has 1 aliphatic rings. The molecule has 1 saturated heterocycles. The lowest BCUT2D eigenvalue weighted by molar-refractivity contribution is 0.548. The third-order valence-corrected chi connectivity index (χ3v) is 15.4. The molecule has 1 aliphatic heterocycles. The Kier molecular flexibility index (Phi) is 5.95. The van der Waals surface area contributed by atoms with Crippen molar-refractivity contribution in [2.24, 2.45) is 0 Å². The number of sulfonamides is 1. The fourth-order valence-electron chi connectivity index (χ4n) is 5.21. The highest BCUT2D eigenvalue weighted by Gasteiger charge is 2.59. The van der Waals surface area contributed by atoms with Crippen molar-refractivity contribution in [2.75, 3.05) is 0 Å². The van der Waals surface area contributed by atoms with Crippen molar-refractivity contribution >= 4 is 28.5 Å². The molecule has 3 nitrogen and oxygen atoms in total. The van der Waals surface area contributed by atoms with Gasteiger partial charge in [-0.1, -0.05) is 110 Å². The van der Waals surface area contributed by atoms with Crippen molar-refractivity contribution in [2.45, 2.75) is 62.7 Å². The number of benzene rings is 3. The van der Waals surface area contributed by atoms with Gasteiger partial charge in [0.25, 0.3) is 0 Å². The van der Waals surface area contributed by atoms with Gasteiger partial charge in [0.15, 0.2) is 0 Å². The third-order valence-electron chi connectivity index (χ3n) is 7.12. The fraction of sp³-hybridized carbons (Fsp3) is 0.333. The van der Waals surface area contributed by atoms with Crippen molar-refractivity contribution in [1.29, 1.82) is 0 Å². The van der Waals surface area contributed by atoms with Crippen LogP contribution in [0.25, 0.3) is 0 Å². The smallest absolute Gasteiger partial charge is 0.207 e. The van der Waals surface area contributed by atoms with Crippen LogP contribution in [0.5, 0.6) is 0 Å². The summed E-state index contributed by atoms with van der Waals surface area (Å²) in [7, 11) is -5.84. The Morgan fingerprint density at radius 1 is 0.812 bits per heavy atom. The lowest BCUT2D eigenvalue weighted by atomic mass is 10.2. The number of aryl methyl sites for hydroxylation is 1. The van der Waals surface area contributed by atoms with Gasteiger partial charge in [-0.25, -0.2) is 8.42 Å². The second-order valence-corrected chi connectivity index (χ2v) is 16.8. The molecule has 0 bridgehead atoms. The second kappa shape index (κ2) is 8.29. The average Bonchev–Trinajstić information content (AvgIpc) is 3.42. The van der Waals surface area contributed by atoms with Crippen molar-refractivity contribution in [1.82, 2.24) is 4.31 Å². The molecular formula is C27H33NO2SSi. The number of hydrogen-bond acceptors (Lipinski definition) is 2. The molecule has 4 rings (SSSR count). The predicted molar refractivity (Wildman–Crippen MR) is 136 cm³/mol. The molecule has 3 atom stereocenters. The molecule has 0 N–H and O–H groups in total.